The molecule has 2 heterocycles. The first-order chi connectivity index (χ1) is 10.5. The van der Waals surface area contributed by atoms with Crippen molar-refractivity contribution < 1.29 is 17.9 Å². The minimum atomic E-state index is -4.51. The zero-order valence-electron chi connectivity index (χ0n) is 13.6. The van der Waals surface area contributed by atoms with E-state index >= 15 is 0 Å². The number of aromatic nitrogens is 2. The summed E-state index contributed by atoms with van der Waals surface area (Å²) in [5.41, 5.74) is 0.263. The highest BCUT2D eigenvalue weighted by Crippen LogP contribution is 2.38. The highest BCUT2D eigenvalue weighted by atomic mass is 35.5. The van der Waals surface area contributed by atoms with E-state index in [0.29, 0.717) is 17.6 Å². The van der Waals surface area contributed by atoms with E-state index in [1.54, 1.807) is 17.6 Å². The van der Waals surface area contributed by atoms with Crippen molar-refractivity contribution in [1.82, 2.24) is 9.55 Å². The van der Waals surface area contributed by atoms with Gasteiger partial charge >= 0.3 is 6.18 Å². The van der Waals surface area contributed by atoms with Crippen molar-refractivity contribution in [3.8, 4) is 0 Å². The van der Waals surface area contributed by atoms with E-state index < -0.39 is 19.8 Å². The summed E-state index contributed by atoms with van der Waals surface area (Å²) in [6.07, 6.45) is -3.73. The highest BCUT2D eigenvalue weighted by Gasteiger charge is 2.35. The standard InChI is InChI=1S/C15H20ClF3N2OSi/c1-10-7-11-13(16)12(15(17,18)19)8-20-14(11)21(10)9-22-5-6-23(2,3)4/h7-8H,5-6,9H2,1-4H3. The molecule has 0 N–H and O–H groups in total. The van der Waals surface area contributed by atoms with E-state index in [2.05, 4.69) is 24.6 Å². The topological polar surface area (TPSA) is 27.1 Å². The van der Waals surface area contributed by atoms with Crippen molar-refractivity contribution in [3.63, 3.8) is 0 Å². The zero-order chi connectivity index (χ0) is 17.4. The molecule has 0 radical (unpaired) electrons. The Morgan fingerprint density at radius 2 is 1.96 bits per heavy atom. The number of rotatable bonds is 5. The number of alkyl halides is 3. The molecular weight excluding hydrogens is 345 g/mol. The molecule has 0 bridgehead atoms. The van der Waals surface area contributed by atoms with Gasteiger partial charge in [0.25, 0.3) is 0 Å². The third-order valence-electron chi connectivity index (χ3n) is 3.59. The molecule has 0 aliphatic carbocycles. The second-order valence-corrected chi connectivity index (χ2v) is 12.8. The van der Waals surface area contributed by atoms with Gasteiger partial charge in [0.1, 0.15) is 12.4 Å². The van der Waals surface area contributed by atoms with Gasteiger partial charge in [0.2, 0.25) is 0 Å². The van der Waals surface area contributed by atoms with Crippen LogP contribution < -0.4 is 0 Å². The Balaban J connectivity index is 2.25. The fourth-order valence-corrected chi connectivity index (χ4v) is 3.24. The maximum absolute atomic E-state index is 12.9. The lowest BCUT2D eigenvalue weighted by atomic mass is 10.2. The predicted molar refractivity (Wildman–Crippen MR) is 88.6 cm³/mol. The average Bonchev–Trinajstić information content (AvgIpc) is 2.70. The molecule has 0 aliphatic heterocycles. The van der Waals surface area contributed by atoms with Crippen LogP contribution in [-0.4, -0.2) is 24.2 Å². The molecule has 23 heavy (non-hydrogen) atoms. The lowest BCUT2D eigenvalue weighted by Crippen LogP contribution is -2.22. The number of nitrogens with zero attached hydrogens (tertiary/aromatic N) is 2. The van der Waals surface area contributed by atoms with Crippen LogP contribution in [0.1, 0.15) is 11.3 Å². The van der Waals surface area contributed by atoms with Gasteiger partial charge in [0.05, 0.1) is 10.6 Å². The van der Waals surface area contributed by atoms with Crippen LogP contribution >= 0.6 is 11.6 Å². The Morgan fingerprint density at radius 1 is 1.30 bits per heavy atom. The van der Waals surface area contributed by atoms with Gasteiger partial charge in [-0.05, 0) is 19.0 Å². The first-order valence-electron chi connectivity index (χ1n) is 7.30. The molecule has 0 amide bonds. The number of ether oxygens (including phenoxy) is 1. The van der Waals surface area contributed by atoms with E-state index in [0.717, 1.165) is 17.9 Å². The highest BCUT2D eigenvalue weighted by molar-refractivity contribution is 6.76. The molecule has 2 aromatic heterocycles. The quantitative estimate of drug-likeness (QED) is 0.529. The summed E-state index contributed by atoms with van der Waals surface area (Å²) < 4.78 is 46.1. The van der Waals surface area contributed by atoms with Crippen molar-refractivity contribution in [2.75, 3.05) is 6.61 Å². The van der Waals surface area contributed by atoms with Crippen molar-refractivity contribution in [3.05, 3.63) is 28.5 Å². The van der Waals surface area contributed by atoms with Crippen molar-refractivity contribution >= 4 is 30.7 Å². The summed E-state index contributed by atoms with van der Waals surface area (Å²) in [4.78, 5) is 3.94. The largest absolute Gasteiger partial charge is 0.419 e. The number of pyridine rings is 1. The number of aryl methyl sites for hydroxylation is 1. The van der Waals surface area contributed by atoms with Gasteiger partial charge in [-0.3, -0.25) is 0 Å². The molecule has 0 fully saturated rings. The van der Waals surface area contributed by atoms with Crippen LogP contribution in [0.2, 0.25) is 30.7 Å². The second-order valence-electron chi connectivity index (χ2n) is 6.78. The molecule has 3 nitrogen and oxygen atoms in total. The first-order valence-corrected chi connectivity index (χ1v) is 11.4. The summed E-state index contributed by atoms with van der Waals surface area (Å²) in [7, 11) is -1.18. The minimum Gasteiger partial charge on any atom is -0.361 e. The average molecular weight is 365 g/mol. The summed E-state index contributed by atoms with van der Waals surface area (Å²) in [6, 6.07) is 2.64. The first kappa shape index (κ1) is 18.3. The van der Waals surface area contributed by atoms with E-state index in [4.69, 9.17) is 16.3 Å². The fraction of sp³-hybridized carbons (Fsp3) is 0.533. The number of halogens is 4. The van der Waals surface area contributed by atoms with Crippen LogP contribution in [-0.2, 0) is 17.6 Å². The van der Waals surface area contributed by atoms with Crippen LogP contribution in [0.25, 0.3) is 11.0 Å². The Kier molecular flexibility index (Phi) is 5.13. The predicted octanol–water partition coefficient (Wildman–Crippen LogP) is 5.33. The molecule has 0 spiro atoms. The third kappa shape index (κ3) is 4.27. The van der Waals surface area contributed by atoms with Crippen LogP contribution in [0, 0.1) is 6.92 Å². The van der Waals surface area contributed by atoms with Gasteiger partial charge in [-0.15, -0.1) is 0 Å². The van der Waals surface area contributed by atoms with Crippen LogP contribution in [0.4, 0.5) is 13.2 Å². The van der Waals surface area contributed by atoms with Gasteiger partial charge in [-0.25, -0.2) is 4.98 Å². The van der Waals surface area contributed by atoms with Gasteiger partial charge in [0, 0.05) is 32.0 Å². The van der Waals surface area contributed by atoms with Gasteiger partial charge in [-0.2, -0.15) is 13.2 Å². The molecule has 2 aromatic rings. The molecule has 128 valence electrons. The SMILES string of the molecule is Cc1cc2c(Cl)c(C(F)(F)F)cnc2n1COCC[Si](C)(C)C. The molecule has 2 rings (SSSR count). The van der Waals surface area contributed by atoms with Gasteiger partial charge < -0.3 is 9.30 Å². The van der Waals surface area contributed by atoms with Gasteiger partial charge in [0.15, 0.2) is 0 Å². The molecule has 0 unspecified atom stereocenters. The summed E-state index contributed by atoms with van der Waals surface area (Å²) in [5.74, 6) is 0. The second kappa shape index (κ2) is 6.45. The Morgan fingerprint density at radius 3 is 2.52 bits per heavy atom. The van der Waals surface area contributed by atoms with Crippen molar-refractivity contribution in [1.29, 1.82) is 0 Å². The molecule has 0 atom stereocenters. The van der Waals surface area contributed by atoms with Gasteiger partial charge in [-0.1, -0.05) is 31.2 Å². The van der Waals surface area contributed by atoms with E-state index in [9.17, 15) is 13.2 Å². The lowest BCUT2D eigenvalue weighted by molar-refractivity contribution is -0.137. The monoisotopic (exact) mass is 364 g/mol. The van der Waals surface area contributed by atoms with Crippen molar-refractivity contribution in [2.45, 2.75) is 45.5 Å². The molecule has 0 aromatic carbocycles. The summed E-state index contributed by atoms with van der Waals surface area (Å²) >= 11 is 5.92. The number of fused-ring (bicyclic) bond motifs is 1. The molecule has 0 aliphatic rings. The van der Waals surface area contributed by atoms with E-state index in [1.807, 2.05) is 0 Å². The Bertz CT molecular complexity index is 707. The van der Waals surface area contributed by atoms with Crippen molar-refractivity contribution in [2.24, 2.45) is 0 Å². The van der Waals surface area contributed by atoms with Crippen LogP contribution in [0.5, 0.6) is 0 Å². The fourth-order valence-electron chi connectivity index (χ4n) is 2.19. The minimum absolute atomic E-state index is 0.258. The molecule has 8 heteroatoms. The number of hydrogen-bond acceptors (Lipinski definition) is 2. The van der Waals surface area contributed by atoms with Crippen LogP contribution in [0.15, 0.2) is 12.3 Å². The summed E-state index contributed by atoms with van der Waals surface area (Å²) in [6.45, 7) is 9.46. The zero-order valence-corrected chi connectivity index (χ0v) is 15.3. The third-order valence-corrected chi connectivity index (χ3v) is 5.70. The molecule has 0 saturated heterocycles. The normalized spacial score (nSPS) is 13.0. The van der Waals surface area contributed by atoms with E-state index in [-0.39, 0.29) is 11.8 Å². The maximum Gasteiger partial charge on any atom is 0.419 e. The Labute approximate surface area is 139 Å². The molecular formula is C15H20ClF3N2OSi. The van der Waals surface area contributed by atoms with E-state index in [1.165, 1.54) is 0 Å². The smallest absolute Gasteiger partial charge is 0.361 e. The maximum atomic E-state index is 12.9. The molecule has 0 saturated carbocycles. The number of hydrogen-bond donors (Lipinski definition) is 0. The lowest BCUT2D eigenvalue weighted by Gasteiger charge is -2.16. The summed E-state index contributed by atoms with van der Waals surface area (Å²) in [5, 5.41) is -0.0146. The van der Waals surface area contributed by atoms with Crippen LogP contribution in [0.3, 0.4) is 0 Å². The Hall–Kier alpha value is -1.05.